The van der Waals surface area contributed by atoms with Crippen molar-refractivity contribution in [1.82, 2.24) is 0 Å². The van der Waals surface area contributed by atoms with E-state index in [9.17, 15) is 0 Å². The van der Waals surface area contributed by atoms with Crippen molar-refractivity contribution in [3.05, 3.63) is 36.4 Å². The van der Waals surface area contributed by atoms with Gasteiger partial charge in [0.05, 0.1) is 13.2 Å². The lowest BCUT2D eigenvalue weighted by atomic mass is 10.1. The number of allylic oxidation sites excluding steroid dienone is 1. The number of alkyl halides is 1. The number of hydrogen-bond acceptors (Lipinski definition) is 2. The molecule has 0 spiro atoms. The molecule has 0 amide bonds. The minimum Gasteiger partial charge on any atom is -0.378 e. The largest absolute Gasteiger partial charge is 0.378 e. The summed E-state index contributed by atoms with van der Waals surface area (Å²) in [5.41, 5.74) is 3.59. The molecule has 2 rings (SSSR count). The number of anilines is 1. The second-order valence-corrected chi connectivity index (χ2v) is 4.44. The third kappa shape index (κ3) is 2.66. The molecule has 0 unspecified atom stereocenters. The van der Waals surface area contributed by atoms with Gasteiger partial charge in [0.2, 0.25) is 0 Å². The van der Waals surface area contributed by atoms with Crippen LogP contribution in [0.15, 0.2) is 30.8 Å². The van der Waals surface area contributed by atoms with E-state index in [0.29, 0.717) is 0 Å². The summed E-state index contributed by atoms with van der Waals surface area (Å²) in [5, 5.41) is 0.823. The molecule has 1 aromatic rings. The Balaban J connectivity index is 2.09. The molecule has 1 aliphatic rings. The van der Waals surface area contributed by atoms with Gasteiger partial charge >= 0.3 is 0 Å². The summed E-state index contributed by atoms with van der Waals surface area (Å²) in [6.45, 7) is 7.63. The number of ether oxygens (including phenoxy) is 1. The van der Waals surface area contributed by atoms with Crippen molar-refractivity contribution in [3.63, 3.8) is 0 Å². The van der Waals surface area contributed by atoms with E-state index < -0.39 is 0 Å². The topological polar surface area (TPSA) is 12.5 Å². The molecule has 0 atom stereocenters. The highest BCUT2D eigenvalue weighted by Crippen LogP contribution is 2.20. The summed E-state index contributed by atoms with van der Waals surface area (Å²) in [6, 6.07) is 8.59. The summed E-state index contributed by atoms with van der Waals surface area (Å²) in [6.07, 6.45) is 0. The van der Waals surface area contributed by atoms with E-state index in [0.717, 1.165) is 37.2 Å². The number of rotatable bonds is 3. The highest BCUT2D eigenvalue weighted by molar-refractivity contribution is 9.09. The Morgan fingerprint density at radius 3 is 2.44 bits per heavy atom. The van der Waals surface area contributed by atoms with Crippen LogP contribution in [0.2, 0.25) is 0 Å². The number of nitrogens with zero attached hydrogens (tertiary/aromatic N) is 1. The Morgan fingerprint density at radius 1 is 1.25 bits per heavy atom. The van der Waals surface area contributed by atoms with Crippen LogP contribution in [-0.2, 0) is 4.74 Å². The normalized spacial score (nSPS) is 16.2. The molecular formula is C13H16BrNO. The van der Waals surface area contributed by atoms with E-state index in [1.807, 2.05) is 0 Å². The third-order valence-electron chi connectivity index (χ3n) is 2.81. The quantitative estimate of drug-likeness (QED) is 0.790. The standard InChI is InChI=1S/C13H16BrNO/c1-11(10-14)12-2-4-13(5-3-12)15-6-8-16-9-7-15/h2-5H,1,6-10H2. The predicted molar refractivity (Wildman–Crippen MR) is 72.3 cm³/mol. The zero-order chi connectivity index (χ0) is 11.4. The van der Waals surface area contributed by atoms with Gasteiger partial charge in [-0.2, -0.15) is 0 Å². The van der Waals surface area contributed by atoms with Crippen molar-refractivity contribution < 1.29 is 4.74 Å². The van der Waals surface area contributed by atoms with Gasteiger partial charge in [-0.15, -0.1) is 0 Å². The van der Waals surface area contributed by atoms with Gasteiger partial charge in [0, 0.05) is 24.1 Å². The van der Waals surface area contributed by atoms with E-state index >= 15 is 0 Å². The molecule has 1 aromatic carbocycles. The smallest absolute Gasteiger partial charge is 0.0642 e. The molecule has 16 heavy (non-hydrogen) atoms. The Kier molecular flexibility index (Phi) is 4.02. The molecule has 1 saturated heterocycles. The Labute approximate surface area is 105 Å². The van der Waals surface area contributed by atoms with E-state index in [4.69, 9.17) is 4.74 Å². The summed E-state index contributed by atoms with van der Waals surface area (Å²) < 4.78 is 5.34. The second-order valence-electron chi connectivity index (χ2n) is 3.88. The van der Waals surface area contributed by atoms with Crippen molar-refractivity contribution >= 4 is 27.2 Å². The lowest BCUT2D eigenvalue weighted by Crippen LogP contribution is -2.36. The molecule has 3 heteroatoms. The Morgan fingerprint density at radius 2 is 1.88 bits per heavy atom. The van der Waals surface area contributed by atoms with E-state index in [1.54, 1.807) is 0 Å². The molecule has 0 aliphatic carbocycles. The van der Waals surface area contributed by atoms with Gasteiger partial charge in [-0.25, -0.2) is 0 Å². The van der Waals surface area contributed by atoms with Crippen LogP contribution in [0, 0.1) is 0 Å². The molecule has 0 saturated carbocycles. The predicted octanol–water partition coefficient (Wildman–Crippen LogP) is 2.93. The molecular weight excluding hydrogens is 266 g/mol. The maximum Gasteiger partial charge on any atom is 0.0642 e. The first-order chi connectivity index (χ1) is 7.81. The van der Waals surface area contributed by atoms with Crippen LogP contribution >= 0.6 is 15.9 Å². The fourth-order valence-electron chi connectivity index (χ4n) is 1.81. The SMILES string of the molecule is C=C(CBr)c1ccc(N2CCOCC2)cc1. The van der Waals surface area contributed by atoms with Crippen molar-refractivity contribution in [2.24, 2.45) is 0 Å². The highest BCUT2D eigenvalue weighted by Gasteiger charge is 2.10. The summed E-state index contributed by atoms with van der Waals surface area (Å²) in [5.74, 6) is 0. The van der Waals surface area contributed by atoms with Crippen LogP contribution in [0.3, 0.4) is 0 Å². The van der Waals surface area contributed by atoms with Gasteiger partial charge in [-0.05, 0) is 23.3 Å². The maximum absolute atomic E-state index is 5.34. The average molecular weight is 282 g/mol. The molecule has 86 valence electrons. The van der Waals surface area contributed by atoms with E-state index in [1.165, 1.54) is 11.3 Å². The lowest BCUT2D eigenvalue weighted by Gasteiger charge is -2.28. The number of hydrogen-bond donors (Lipinski definition) is 0. The molecule has 0 bridgehead atoms. The molecule has 0 radical (unpaired) electrons. The van der Waals surface area contributed by atoms with Gasteiger partial charge in [-0.3, -0.25) is 0 Å². The van der Waals surface area contributed by atoms with Gasteiger partial charge in [0.1, 0.15) is 0 Å². The minimum atomic E-state index is 0.823. The fourth-order valence-corrected chi connectivity index (χ4v) is 2.13. The van der Waals surface area contributed by atoms with Gasteiger partial charge < -0.3 is 9.64 Å². The molecule has 2 nitrogen and oxygen atoms in total. The van der Waals surface area contributed by atoms with Crippen molar-refractivity contribution in [2.75, 3.05) is 36.5 Å². The Bertz CT molecular complexity index is 355. The average Bonchev–Trinajstić information content (AvgIpc) is 2.39. The van der Waals surface area contributed by atoms with Crippen LogP contribution in [0.25, 0.3) is 5.57 Å². The molecule has 0 N–H and O–H groups in total. The van der Waals surface area contributed by atoms with Crippen LogP contribution in [0.5, 0.6) is 0 Å². The minimum absolute atomic E-state index is 0.823. The monoisotopic (exact) mass is 281 g/mol. The van der Waals surface area contributed by atoms with Crippen LogP contribution in [-0.4, -0.2) is 31.6 Å². The second kappa shape index (κ2) is 5.51. The van der Waals surface area contributed by atoms with Crippen LogP contribution in [0.4, 0.5) is 5.69 Å². The van der Waals surface area contributed by atoms with Crippen molar-refractivity contribution in [3.8, 4) is 0 Å². The van der Waals surface area contributed by atoms with E-state index in [-0.39, 0.29) is 0 Å². The summed E-state index contributed by atoms with van der Waals surface area (Å²) in [4.78, 5) is 2.35. The molecule has 0 aromatic heterocycles. The molecule has 1 heterocycles. The number of morpholine rings is 1. The number of benzene rings is 1. The highest BCUT2D eigenvalue weighted by atomic mass is 79.9. The molecule has 1 fully saturated rings. The fraction of sp³-hybridized carbons (Fsp3) is 0.385. The van der Waals surface area contributed by atoms with Crippen molar-refractivity contribution in [2.45, 2.75) is 0 Å². The maximum atomic E-state index is 5.34. The zero-order valence-electron chi connectivity index (χ0n) is 9.29. The van der Waals surface area contributed by atoms with Gasteiger partial charge in [0.25, 0.3) is 0 Å². The first-order valence-corrected chi connectivity index (χ1v) is 6.60. The lowest BCUT2D eigenvalue weighted by molar-refractivity contribution is 0.122. The first kappa shape index (κ1) is 11.7. The first-order valence-electron chi connectivity index (χ1n) is 5.48. The third-order valence-corrected chi connectivity index (χ3v) is 3.49. The van der Waals surface area contributed by atoms with Gasteiger partial charge in [-0.1, -0.05) is 34.6 Å². The zero-order valence-corrected chi connectivity index (χ0v) is 10.9. The van der Waals surface area contributed by atoms with Crippen molar-refractivity contribution in [1.29, 1.82) is 0 Å². The summed E-state index contributed by atoms with van der Waals surface area (Å²) >= 11 is 3.42. The van der Waals surface area contributed by atoms with Crippen LogP contribution < -0.4 is 4.90 Å². The summed E-state index contributed by atoms with van der Waals surface area (Å²) in [7, 11) is 0. The number of halogens is 1. The van der Waals surface area contributed by atoms with E-state index in [2.05, 4.69) is 51.7 Å². The van der Waals surface area contributed by atoms with Crippen LogP contribution in [0.1, 0.15) is 5.56 Å². The Hall–Kier alpha value is -0.800. The van der Waals surface area contributed by atoms with Gasteiger partial charge in [0.15, 0.2) is 0 Å². The molecule has 1 aliphatic heterocycles.